The summed E-state index contributed by atoms with van der Waals surface area (Å²) in [5.74, 6) is 0. The summed E-state index contributed by atoms with van der Waals surface area (Å²) in [6.07, 6.45) is 3.34. The number of benzene rings is 1. The lowest BCUT2D eigenvalue weighted by Crippen LogP contribution is -2.44. The van der Waals surface area contributed by atoms with E-state index in [1.165, 1.54) is 7.05 Å². The molecule has 0 radical (unpaired) electrons. The minimum absolute atomic E-state index is 0.0306. The number of hydrogen-bond acceptors (Lipinski definition) is 4. The minimum Gasteiger partial charge on any atom is -0.391 e. The second-order valence-electron chi connectivity index (χ2n) is 5.21. The summed E-state index contributed by atoms with van der Waals surface area (Å²) < 4.78 is 26.5. The van der Waals surface area contributed by atoms with Gasteiger partial charge in [0.25, 0.3) is 0 Å². The van der Waals surface area contributed by atoms with Crippen molar-refractivity contribution in [2.75, 3.05) is 19.0 Å². The van der Waals surface area contributed by atoms with Crippen LogP contribution in [0.5, 0.6) is 0 Å². The highest BCUT2D eigenvalue weighted by atomic mass is 32.2. The molecule has 6 heteroatoms. The molecule has 112 valence electrons. The molecule has 0 spiro atoms. The first-order valence-electron chi connectivity index (χ1n) is 6.91. The van der Waals surface area contributed by atoms with Gasteiger partial charge in [0.15, 0.2) is 0 Å². The van der Waals surface area contributed by atoms with E-state index in [0.717, 1.165) is 25.7 Å². The summed E-state index contributed by atoms with van der Waals surface area (Å²) in [6.45, 7) is 0. The molecule has 1 fully saturated rings. The first-order chi connectivity index (χ1) is 9.47. The van der Waals surface area contributed by atoms with Crippen LogP contribution in [-0.4, -0.2) is 39.8 Å². The predicted octanol–water partition coefficient (Wildman–Crippen LogP) is 1.33. The van der Waals surface area contributed by atoms with Crippen LogP contribution in [0.4, 0.5) is 5.69 Å². The van der Waals surface area contributed by atoms with Crippen LogP contribution in [0, 0.1) is 0 Å². The molecule has 1 aliphatic rings. The molecule has 1 aliphatic carbocycles. The fraction of sp³-hybridized carbons (Fsp3) is 0.571. The van der Waals surface area contributed by atoms with Gasteiger partial charge in [-0.3, -0.25) is 0 Å². The first-order valence-corrected chi connectivity index (χ1v) is 8.39. The van der Waals surface area contributed by atoms with Crippen LogP contribution in [0.25, 0.3) is 0 Å². The molecule has 1 aromatic rings. The molecule has 0 amide bonds. The molecule has 0 aliphatic heterocycles. The second-order valence-corrected chi connectivity index (χ2v) is 7.06. The van der Waals surface area contributed by atoms with Gasteiger partial charge in [0, 0.05) is 7.05 Å². The number of sulfonamides is 1. The van der Waals surface area contributed by atoms with Crippen LogP contribution in [-0.2, 0) is 10.0 Å². The Kier molecular flexibility index (Phi) is 4.67. The number of anilines is 1. The van der Waals surface area contributed by atoms with Gasteiger partial charge in [0.05, 0.1) is 17.8 Å². The van der Waals surface area contributed by atoms with Crippen LogP contribution >= 0.6 is 0 Å². The van der Waals surface area contributed by atoms with Gasteiger partial charge >= 0.3 is 0 Å². The predicted molar refractivity (Wildman–Crippen MR) is 79.4 cm³/mol. The first kappa shape index (κ1) is 15.3. The number of rotatable bonds is 4. The third kappa shape index (κ3) is 2.97. The molecular formula is C14H22N2O3S. The van der Waals surface area contributed by atoms with Crippen LogP contribution in [0.2, 0.25) is 0 Å². The molecular weight excluding hydrogens is 276 g/mol. The zero-order valence-corrected chi connectivity index (χ0v) is 12.7. The molecule has 1 aromatic carbocycles. The SMILES string of the molecule is CNS(=O)(=O)c1ccccc1N(C)C1CCCCC1O. The van der Waals surface area contributed by atoms with E-state index >= 15 is 0 Å². The van der Waals surface area contributed by atoms with Crippen LogP contribution in [0.15, 0.2) is 29.2 Å². The molecule has 2 N–H and O–H groups in total. The lowest BCUT2D eigenvalue weighted by atomic mass is 9.91. The molecule has 5 nitrogen and oxygen atoms in total. The third-order valence-corrected chi connectivity index (χ3v) is 5.46. The second kappa shape index (κ2) is 6.11. The van der Waals surface area contributed by atoms with E-state index in [4.69, 9.17) is 0 Å². The lowest BCUT2D eigenvalue weighted by Gasteiger charge is -2.37. The van der Waals surface area contributed by atoms with E-state index in [0.29, 0.717) is 5.69 Å². The van der Waals surface area contributed by atoms with Gasteiger partial charge in [-0.1, -0.05) is 25.0 Å². The Morgan fingerprint density at radius 2 is 1.90 bits per heavy atom. The Balaban J connectivity index is 2.37. The van der Waals surface area contributed by atoms with E-state index < -0.39 is 16.1 Å². The van der Waals surface area contributed by atoms with Gasteiger partial charge in [0.1, 0.15) is 4.90 Å². The van der Waals surface area contributed by atoms with Gasteiger partial charge in [-0.05, 0) is 32.0 Å². The van der Waals surface area contributed by atoms with Crippen molar-refractivity contribution in [1.82, 2.24) is 4.72 Å². The maximum absolute atomic E-state index is 12.1. The maximum atomic E-state index is 12.1. The van der Waals surface area contributed by atoms with E-state index in [1.807, 2.05) is 18.0 Å². The molecule has 0 bridgehead atoms. The van der Waals surface area contributed by atoms with Crippen molar-refractivity contribution in [2.24, 2.45) is 0 Å². The molecule has 0 aromatic heterocycles. The maximum Gasteiger partial charge on any atom is 0.242 e. The zero-order valence-electron chi connectivity index (χ0n) is 11.9. The van der Waals surface area contributed by atoms with Crippen molar-refractivity contribution in [1.29, 1.82) is 0 Å². The van der Waals surface area contributed by atoms with Gasteiger partial charge in [-0.25, -0.2) is 13.1 Å². The van der Waals surface area contributed by atoms with Crippen molar-refractivity contribution >= 4 is 15.7 Å². The van der Waals surface area contributed by atoms with Crippen LogP contribution in [0.1, 0.15) is 25.7 Å². The quantitative estimate of drug-likeness (QED) is 0.880. The molecule has 2 rings (SSSR count). The lowest BCUT2D eigenvalue weighted by molar-refractivity contribution is 0.106. The topological polar surface area (TPSA) is 69.6 Å². The van der Waals surface area contributed by atoms with Gasteiger partial charge in [-0.2, -0.15) is 0 Å². The fourth-order valence-corrected chi connectivity index (χ4v) is 3.77. The summed E-state index contributed by atoms with van der Waals surface area (Å²) in [5.41, 5.74) is 0.632. The molecule has 2 unspecified atom stereocenters. The Morgan fingerprint density at radius 1 is 1.25 bits per heavy atom. The fourth-order valence-electron chi connectivity index (χ4n) is 2.81. The van der Waals surface area contributed by atoms with Crippen molar-refractivity contribution in [2.45, 2.75) is 42.7 Å². The Labute approximate surface area is 120 Å². The summed E-state index contributed by atoms with van der Waals surface area (Å²) >= 11 is 0. The van der Waals surface area contributed by atoms with Crippen molar-refractivity contribution in [3.05, 3.63) is 24.3 Å². The molecule has 2 atom stereocenters. The van der Waals surface area contributed by atoms with Crippen LogP contribution in [0.3, 0.4) is 0 Å². The summed E-state index contributed by atoms with van der Waals surface area (Å²) in [6, 6.07) is 6.87. The summed E-state index contributed by atoms with van der Waals surface area (Å²) in [7, 11) is -0.249. The molecule has 0 heterocycles. The molecule has 1 saturated carbocycles. The highest BCUT2D eigenvalue weighted by Gasteiger charge is 2.29. The Bertz CT molecular complexity index is 559. The zero-order chi connectivity index (χ0) is 14.8. The number of aliphatic hydroxyl groups is 1. The number of hydrogen-bond donors (Lipinski definition) is 2. The average Bonchev–Trinajstić information content (AvgIpc) is 2.47. The van der Waals surface area contributed by atoms with E-state index in [1.54, 1.807) is 18.2 Å². The monoisotopic (exact) mass is 298 g/mol. The van der Waals surface area contributed by atoms with E-state index in [9.17, 15) is 13.5 Å². The summed E-state index contributed by atoms with van der Waals surface area (Å²) in [5, 5.41) is 10.1. The van der Waals surface area contributed by atoms with Gasteiger partial charge in [0.2, 0.25) is 10.0 Å². The van der Waals surface area contributed by atoms with Crippen LogP contribution < -0.4 is 9.62 Å². The number of nitrogens with one attached hydrogen (secondary N) is 1. The van der Waals surface area contributed by atoms with Crippen molar-refractivity contribution in [3.63, 3.8) is 0 Å². The number of aliphatic hydroxyl groups excluding tert-OH is 1. The highest BCUT2D eigenvalue weighted by Crippen LogP contribution is 2.30. The van der Waals surface area contributed by atoms with Crippen molar-refractivity contribution < 1.29 is 13.5 Å². The standard InChI is InChI=1S/C14H22N2O3S/c1-15-20(18,19)14-10-6-4-8-12(14)16(2)11-7-3-5-9-13(11)17/h4,6,8,10-11,13,15,17H,3,5,7,9H2,1-2H3. The van der Waals surface area contributed by atoms with E-state index in [2.05, 4.69) is 4.72 Å². The molecule has 20 heavy (non-hydrogen) atoms. The smallest absolute Gasteiger partial charge is 0.242 e. The third-order valence-electron chi connectivity index (χ3n) is 3.99. The molecule has 0 saturated heterocycles. The van der Waals surface area contributed by atoms with Gasteiger partial charge < -0.3 is 10.0 Å². The number of nitrogens with zero attached hydrogens (tertiary/aromatic N) is 1. The van der Waals surface area contributed by atoms with E-state index in [-0.39, 0.29) is 10.9 Å². The van der Waals surface area contributed by atoms with Gasteiger partial charge in [-0.15, -0.1) is 0 Å². The number of likely N-dealkylation sites (N-methyl/N-ethyl adjacent to an activating group) is 1. The minimum atomic E-state index is -3.50. The Morgan fingerprint density at radius 3 is 2.55 bits per heavy atom. The normalized spacial score (nSPS) is 23.6. The van der Waals surface area contributed by atoms with Crippen molar-refractivity contribution in [3.8, 4) is 0 Å². The largest absolute Gasteiger partial charge is 0.391 e. The number of para-hydroxylation sites is 1. The highest BCUT2D eigenvalue weighted by molar-refractivity contribution is 7.89. The Hall–Kier alpha value is -1.11. The summed E-state index contributed by atoms with van der Waals surface area (Å²) in [4.78, 5) is 2.15. The average molecular weight is 298 g/mol.